The summed E-state index contributed by atoms with van der Waals surface area (Å²) in [5, 5.41) is 1.95. The fourth-order valence-electron chi connectivity index (χ4n) is 16.9. The highest BCUT2D eigenvalue weighted by Gasteiger charge is 2.46. The Labute approximate surface area is 649 Å². The number of aromatic nitrogens is 1. The van der Waals surface area contributed by atoms with E-state index in [0.29, 0.717) is 5.69 Å². The van der Waals surface area contributed by atoms with Crippen LogP contribution in [0.1, 0.15) is 63.6 Å². The molecule has 0 spiro atoms. The summed E-state index contributed by atoms with van der Waals surface area (Å²) in [7, 11) is 0. The maximum atomic E-state index is 9.98. The van der Waals surface area contributed by atoms with Crippen LogP contribution in [-0.4, -0.2) is 11.3 Å². The Morgan fingerprint density at radius 3 is 1.21 bits per heavy atom. The zero-order valence-electron chi connectivity index (χ0n) is 69.3. The van der Waals surface area contributed by atoms with Gasteiger partial charge in [-0.1, -0.05) is 308 Å². The molecule has 4 heterocycles. The van der Waals surface area contributed by atoms with E-state index in [4.69, 9.17) is 4.42 Å². The Bertz CT molecular complexity index is 7060. The maximum absolute atomic E-state index is 9.98. The average molecular weight is 1400 g/mol. The van der Waals surface area contributed by atoms with E-state index >= 15 is 0 Å². The maximum Gasteiger partial charge on any atom is 0.252 e. The van der Waals surface area contributed by atoms with Gasteiger partial charge in [0.25, 0.3) is 6.71 Å². The first-order chi connectivity index (χ1) is 56.6. The molecule has 0 atom stereocenters. The van der Waals surface area contributed by atoms with Crippen LogP contribution in [0.25, 0.3) is 138 Å². The van der Waals surface area contributed by atoms with Gasteiger partial charge < -0.3 is 18.8 Å². The summed E-state index contributed by atoms with van der Waals surface area (Å²) in [4.78, 5) is 5.05. The minimum absolute atomic E-state index is 0.00407. The number of para-hydroxylation sites is 3. The molecular weight excluding hydrogens is 1320 g/mol. The molecule has 2 aliphatic heterocycles. The average Bonchev–Trinajstić information content (AvgIpc) is 1.69. The highest BCUT2D eigenvalue weighted by atomic mass is 16.3. The summed E-state index contributed by atoms with van der Waals surface area (Å²) in [6.45, 7) is 13.1. The van der Waals surface area contributed by atoms with Crippen molar-refractivity contribution in [1.29, 1.82) is 0 Å². The topological polar surface area (TPSA) is 24.6 Å². The molecule has 109 heavy (non-hydrogen) atoms. The lowest BCUT2D eigenvalue weighted by atomic mass is 9.33. The van der Waals surface area contributed by atoms with Gasteiger partial charge >= 0.3 is 0 Å². The third kappa shape index (κ3) is 11.1. The van der Waals surface area contributed by atoms with E-state index in [0.717, 1.165) is 173 Å². The minimum atomic E-state index is -0.565. The number of rotatable bonds is 11. The van der Waals surface area contributed by atoms with Crippen molar-refractivity contribution < 1.29 is 15.4 Å². The van der Waals surface area contributed by atoms with Gasteiger partial charge in [0.2, 0.25) is 0 Å². The predicted octanol–water partition coefficient (Wildman–Crippen LogP) is 26.7. The van der Waals surface area contributed by atoms with Crippen LogP contribution >= 0.6 is 0 Å². The van der Waals surface area contributed by atoms with Gasteiger partial charge in [-0.3, -0.25) is 0 Å². The molecule has 0 amide bonds. The Balaban J connectivity index is 1.01. The lowest BCUT2D eigenvalue weighted by molar-refractivity contribution is 0.590. The van der Waals surface area contributed by atoms with Gasteiger partial charge in [-0.2, -0.15) is 0 Å². The summed E-state index contributed by atoms with van der Waals surface area (Å²) in [5.74, 6) is 0. The van der Waals surface area contributed by atoms with Crippen molar-refractivity contribution in [2.75, 3.05) is 9.80 Å². The first kappa shape index (κ1) is 57.1. The van der Waals surface area contributed by atoms with Crippen molar-refractivity contribution in [1.82, 2.24) is 4.57 Å². The smallest absolute Gasteiger partial charge is 0.252 e. The number of furan rings is 1. The molecule has 20 rings (SSSR count). The molecule has 2 aromatic heterocycles. The second-order valence-corrected chi connectivity index (χ2v) is 31.0. The minimum Gasteiger partial charge on any atom is -0.456 e. The zero-order valence-corrected chi connectivity index (χ0v) is 61.3. The molecule has 0 fully saturated rings. The third-order valence-electron chi connectivity index (χ3n) is 22.3. The van der Waals surface area contributed by atoms with Gasteiger partial charge in [-0.15, -0.1) is 0 Å². The second kappa shape index (κ2) is 25.8. The van der Waals surface area contributed by atoms with Gasteiger partial charge in [0.1, 0.15) is 11.2 Å². The molecule has 0 aliphatic carbocycles. The molecule has 4 nitrogen and oxygen atoms in total. The summed E-state index contributed by atoms with van der Waals surface area (Å²) in [6, 6.07) is 110. The molecule has 2 aliphatic rings. The van der Waals surface area contributed by atoms with E-state index < -0.39 is 48.4 Å². The number of hydrogen-bond acceptors (Lipinski definition) is 3. The van der Waals surface area contributed by atoms with E-state index in [9.17, 15) is 11.0 Å². The molecule has 0 radical (unpaired) electrons. The number of benzene rings is 16. The summed E-state index contributed by atoms with van der Waals surface area (Å²) in [6.07, 6.45) is 0. The summed E-state index contributed by atoms with van der Waals surface area (Å²) in [5.41, 5.74) is 27.9. The molecule has 0 N–H and O–H groups in total. The summed E-state index contributed by atoms with van der Waals surface area (Å²) >= 11 is 0. The van der Waals surface area contributed by atoms with Crippen molar-refractivity contribution >= 4 is 101 Å². The fraction of sp³-hybridized carbons (Fsp3) is 0.0769. The van der Waals surface area contributed by atoms with Crippen LogP contribution < -0.4 is 26.2 Å². The van der Waals surface area contributed by atoms with Crippen molar-refractivity contribution in [3.8, 4) is 94.7 Å². The van der Waals surface area contributed by atoms with Crippen LogP contribution in [0, 0.1) is 0 Å². The van der Waals surface area contributed by atoms with E-state index in [1.165, 1.54) is 0 Å². The number of anilines is 6. The van der Waals surface area contributed by atoms with Crippen molar-refractivity contribution in [3.63, 3.8) is 0 Å². The Kier molecular flexibility index (Phi) is 13.5. The molecule has 0 bridgehead atoms. The third-order valence-corrected chi connectivity index (χ3v) is 22.3. The van der Waals surface area contributed by atoms with E-state index in [1.54, 1.807) is 4.57 Å². The van der Waals surface area contributed by atoms with E-state index in [-0.39, 0.29) is 39.3 Å². The molecule has 5 heteroatoms. The Morgan fingerprint density at radius 1 is 0.284 bits per heavy atom. The Hall–Kier alpha value is -13.2. The number of nitrogens with zero attached hydrogens (tertiary/aromatic N) is 3. The first-order valence-electron chi connectivity index (χ1n) is 41.5. The summed E-state index contributed by atoms with van der Waals surface area (Å²) < 4.78 is 84.8. The SMILES string of the molecule is [2H]c1c([2H])c([2H])c2c(c1[2H])c1c([2H])c([2H])c([2H])c([2H])c1n2-c1ccc2c(c1)N(c1c(-c3ccccc3)cc(C(C)(C)C)cc1-c1cccc(-c3ccccc3)c1)c1cc(-c3ccc4oc5ccccc5c4c3)cc3c1B2c1cc(-c2ccccc2)ccc1N3c1c(-c2ccccc2)cc(C(C)(C)C)cc1-c1cccc(-c2ccccc2)c1. The quantitative estimate of drug-likeness (QED) is 0.121. The highest BCUT2D eigenvalue weighted by Crippen LogP contribution is 2.56. The molecule has 18 aromatic rings. The first-order valence-corrected chi connectivity index (χ1v) is 37.5. The molecule has 16 aromatic carbocycles. The van der Waals surface area contributed by atoms with Crippen molar-refractivity contribution in [2.45, 2.75) is 52.4 Å². The van der Waals surface area contributed by atoms with Crippen molar-refractivity contribution in [2.24, 2.45) is 0 Å². The van der Waals surface area contributed by atoms with E-state index in [2.05, 4.69) is 343 Å². The van der Waals surface area contributed by atoms with Crippen LogP contribution in [0.15, 0.2) is 368 Å². The lowest BCUT2D eigenvalue weighted by Gasteiger charge is -2.46. The number of hydrogen-bond donors (Lipinski definition) is 0. The Morgan fingerprint density at radius 2 is 0.697 bits per heavy atom. The standard InChI is InChI=1S/C104H78BN3O/c1-103(2,3)79-62-85(70-36-18-10-19-37-70)101(87(64-79)76-42-28-40-72(56-76)67-30-12-7-13-31-67)107-94-54-50-75(69-34-16-9-17-35-69)59-91(94)105-90-53-52-81(106-92-47-25-22-44-82(92)83-45-23-26-48-93(83)106)66-95(90)108(97-61-78(60-96(107)100(97)105)74-51-55-99-89(58-74)84-46-24-27-49-98(84)109-99)102-86(71-38-20-11-21-39-71)63-80(104(4,5)6)65-88(102)77-43-29-41-73(57-77)68-32-14-8-15-33-68/h7-66H,1-6H3/i22D,23D,25D,26D,44D,45D,47D,48D. The van der Waals surface area contributed by atoms with Gasteiger partial charge in [-0.25, -0.2) is 0 Å². The van der Waals surface area contributed by atoms with Crippen LogP contribution in [0.2, 0.25) is 0 Å². The largest absolute Gasteiger partial charge is 0.456 e. The zero-order chi connectivity index (χ0) is 80.2. The number of fused-ring (bicyclic) bond motifs is 10. The second-order valence-electron chi connectivity index (χ2n) is 31.0. The predicted molar refractivity (Wildman–Crippen MR) is 463 cm³/mol. The molecule has 518 valence electrons. The molecule has 0 saturated carbocycles. The molecule has 0 unspecified atom stereocenters. The van der Waals surface area contributed by atoms with E-state index in [1.807, 2.05) is 24.3 Å². The van der Waals surface area contributed by atoms with Crippen LogP contribution in [-0.2, 0) is 10.8 Å². The molecular formula is C104H78BN3O. The van der Waals surface area contributed by atoms with Gasteiger partial charge in [-0.05, 0) is 202 Å². The van der Waals surface area contributed by atoms with Crippen molar-refractivity contribution in [3.05, 3.63) is 375 Å². The van der Waals surface area contributed by atoms with Crippen LogP contribution in [0.4, 0.5) is 34.1 Å². The fourth-order valence-corrected chi connectivity index (χ4v) is 16.9. The van der Waals surface area contributed by atoms with Crippen LogP contribution in [0.5, 0.6) is 0 Å². The highest BCUT2D eigenvalue weighted by molar-refractivity contribution is 7.00. The van der Waals surface area contributed by atoms with Gasteiger partial charge in [0.05, 0.1) is 33.4 Å². The van der Waals surface area contributed by atoms with Gasteiger partial charge in [0, 0.05) is 72.2 Å². The lowest BCUT2D eigenvalue weighted by Crippen LogP contribution is -2.61. The monoisotopic (exact) mass is 1400 g/mol. The normalized spacial score (nSPS) is 13.7. The molecule has 0 saturated heterocycles. The van der Waals surface area contributed by atoms with Crippen LogP contribution in [0.3, 0.4) is 0 Å². The van der Waals surface area contributed by atoms with Gasteiger partial charge in [0.15, 0.2) is 0 Å².